The number of pyridine rings is 1. The maximum absolute atomic E-state index is 12.4. The number of H-pyrrole nitrogens is 1. The topological polar surface area (TPSA) is 32.9 Å². The molecule has 1 aromatic heterocycles. The van der Waals surface area contributed by atoms with Crippen molar-refractivity contribution < 1.29 is 0 Å². The van der Waals surface area contributed by atoms with Crippen LogP contribution >= 0.6 is 0 Å². The van der Waals surface area contributed by atoms with Crippen LogP contribution in [0.15, 0.2) is 4.79 Å². The normalized spacial score (nSPS) is 11.9. The van der Waals surface area contributed by atoms with Crippen molar-refractivity contribution in [2.45, 2.75) is 66.2 Å². The van der Waals surface area contributed by atoms with Crippen molar-refractivity contribution in [3.63, 3.8) is 0 Å². The van der Waals surface area contributed by atoms with Crippen LogP contribution < -0.4 is 5.43 Å². The Balaban J connectivity index is 3.63. The van der Waals surface area contributed by atoms with Crippen LogP contribution in [-0.4, -0.2) is 4.98 Å². The van der Waals surface area contributed by atoms with Gasteiger partial charge in [0.15, 0.2) is 5.43 Å². The molecule has 17 heavy (non-hydrogen) atoms. The summed E-state index contributed by atoms with van der Waals surface area (Å²) in [6.45, 7) is 14.6. The maximum Gasteiger partial charge on any atom is 0.188 e. The van der Waals surface area contributed by atoms with Crippen molar-refractivity contribution in [3.05, 3.63) is 32.7 Å². The molecule has 0 aliphatic rings. The molecule has 1 aromatic rings. The molecule has 0 aliphatic heterocycles. The van der Waals surface area contributed by atoms with Gasteiger partial charge < -0.3 is 4.98 Å². The van der Waals surface area contributed by atoms with Gasteiger partial charge in [-0.3, -0.25) is 4.79 Å². The molecular formula is C15H25NO. The molecule has 0 radical (unpaired) electrons. The molecule has 2 heteroatoms. The van der Waals surface area contributed by atoms with Gasteiger partial charge in [0.2, 0.25) is 0 Å². The summed E-state index contributed by atoms with van der Waals surface area (Å²) in [5, 5.41) is 0. The summed E-state index contributed by atoms with van der Waals surface area (Å²) < 4.78 is 0. The van der Waals surface area contributed by atoms with Crippen LogP contribution in [0, 0.1) is 6.92 Å². The third kappa shape index (κ3) is 2.62. The predicted octanol–water partition coefficient (Wildman–Crippen LogP) is 4.05. The monoisotopic (exact) mass is 235 g/mol. The fraction of sp³-hybridized carbons (Fsp3) is 0.667. The Morgan fingerprint density at radius 2 is 1.29 bits per heavy atom. The molecule has 0 aromatic carbocycles. The average Bonchev–Trinajstić information content (AvgIpc) is 2.19. The summed E-state index contributed by atoms with van der Waals surface area (Å²) in [6, 6.07) is 0. The fourth-order valence-electron chi connectivity index (χ4n) is 2.36. The lowest BCUT2D eigenvalue weighted by Gasteiger charge is -2.20. The summed E-state index contributed by atoms with van der Waals surface area (Å²) in [6.07, 6.45) is 0. The van der Waals surface area contributed by atoms with E-state index in [0.29, 0.717) is 11.8 Å². The zero-order chi connectivity index (χ0) is 13.3. The highest BCUT2D eigenvalue weighted by atomic mass is 16.1. The van der Waals surface area contributed by atoms with E-state index in [0.717, 1.165) is 22.5 Å². The van der Waals surface area contributed by atoms with Crippen LogP contribution in [0.5, 0.6) is 0 Å². The van der Waals surface area contributed by atoms with Gasteiger partial charge in [-0.1, -0.05) is 41.5 Å². The number of hydrogen-bond acceptors (Lipinski definition) is 1. The van der Waals surface area contributed by atoms with Gasteiger partial charge in [0.25, 0.3) is 0 Å². The summed E-state index contributed by atoms with van der Waals surface area (Å²) in [7, 11) is 0. The first kappa shape index (κ1) is 14.0. The Kier molecular flexibility index (Phi) is 4.18. The predicted molar refractivity (Wildman–Crippen MR) is 74.1 cm³/mol. The number of aromatic amines is 1. The van der Waals surface area contributed by atoms with Gasteiger partial charge in [-0.2, -0.15) is 0 Å². The largest absolute Gasteiger partial charge is 0.361 e. The summed E-state index contributed by atoms with van der Waals surface area (Å²) >= 11 is 0. The highest BCUT2D eigenvalue weighted by Crippen LogP contribution is 2.25. The number of rotatable bonds is 3. The van der Waals surface area contributed by atoms with Crippen molar-refractivity contribution in [2.75, 3.05) is 0 Å². The molecule has 0 spiro atoms. The van der Waals surface area contributed by atoms with E-state index in [-0.39, 0.29) is 11.3 Å². The molecule has 1 N–H and O–H groups in total. The lowest BCUT2D eigenvalue weighted by Crippen LogP contribution is -2.22. The second kappa shape index (κ2) is 5.07. The molecule has 0 aliphatic carbocycles. The maximum atomic E-state index is 12.4. The van der Waals surface area contributed by atoms with Crippen LogP contribution in [0.4, 0.5) is 0 Å². The zero-order valence-corrected chi connectivity index (χ0v) is 12.1. The Morgan fingerprint density at radius 1 is 0.824 bits per heavy atom. The quantitative estimate of drug-likeness (QED) is 0.842. The van der Waals surface area contributed by atoms with Gasteiger partial charge in [0.05, 0.1) is 0 Å². The van der Waals surface area contributed by atoms with Gasteiger partial charge in [-0.15, -0.1) is 0 Å². The molecule has 0 unspecified atom stereocenters. The molecule has 0 saturated heterocycles. The van der Waals surface area contributed by atoms with Crippen LogP contribution in [0.25, 0.3) is 0 Å². The molecule has 0 saturated carbocycles. The van der Waals surface area contributed by atoms with E-state index in [1.54, 1.807) is 0 Å². The summed E-state index contributed by atoms with van der Waals surface area (Å²) in [5.41, 5.74) is 4.27. The molecule has 1 heterocycles. The molecule has 0 bridgehead atoms. The Labute approximate surface area is 104 Å². The van der Waals surface area contributed by atoms with Crippen LogP contribution in [-0.2, 0) is 0 Å². The van der Waals surface area contributed by atoms with Gasteiger partial charge in [0.1, 0.15) is 0 Å². The van der Waals surface area contributed by atoms with Gasteiger partial charge in [0, 0.05) is 22.5 Å². The lowest BCUT2D eigenvalue weighted by atomic mass is 9.91. The molecule has 96 valence electrons. The summed E-state index contributed by atoms with van der Waals surface area (Å²) in [5.74, 6) is 0.996. The van der Waals surface area contributed by atoms with Crippen molar-refractivity contribution in [2.24, 2.45) is 0 Å². The highest BCUT2D eigenvalue weighted by molar-refractivity contribution is 5.35. The Bertz CT molecular complexity index is 453. The molecular weight excluding hydrogens is 210 g/mol. The minimum absolute atomic E-state index is 0.228. The van der Waals surface area contributed by atoms with Gasteiger partial charge in [-0.25, -0.2) is 0 Å². The van der Waals surface area contributed by atoms with Crippen molar-refractivity contribution in [1.29, 1.82) is 0 Å². The second-order valence-corrected chi connectivity index (χ2v) is 5.78. The van der Waals surface area contributed by atoms with E-state index < -0.39 is 0 Å². The van der Waals surface area contributed by atoms with E-state index in [2.05, 4.69) is 46.5 Å². The van der Waals surface area contributed by atoms with E-state index in [1.165, 1.54) is 0 Å². The third-order valence-electron chi connectivity index (χ3n) is 3.28. The Hall–Kier alpha value is -1.05. The van der Waals surface area contributed by atoms with E-state index in [9.17, 15) is 4.79 Å². The van der Waals surface area contributed by atoms with Crippen molar-refractivity contribution in [1.82, 2.24) is 4.98 Å². The first-order valence-electron chi connectivity index (χ1n) is 6.53. The highest BCUT2D eigenvalue weighted by Gasteiger charge is 2.19. The fourth-order valence-corrected chi connectivity index (χ4v) is 2.36. The third-order valence-corrected chi connectivity index (χ3v) is 3.28. The lowest BCUT2D eigenvalue weighted by molar-refractivity contribution is 0.712. The molecule has 1 rings (SSSR count). The van der Waals surface area contributed by atoms with Crippen molar-refractivity contribution >= 4 is 0 Å². The number of nitrogens with one attached hydrogen (secondary N) is 1. The second-order valence-electron chi connectivity index (χ2n) is 5.78. The SMILES string of the molecule is Cc1c(C(C)C)[nH]c(C(C)C)c(C(C)C)c1=O. The number of hydrogen-bond donors (Lipinski definition) is 1. The van der Waals surface area contributed by atoms with Gasteiger partial charge >= 0.3 is 0 Å². The molecule has 0 fully saturated rings. The van der Waals surface area contributed by atoms with E-state index >= 15 is 0 Å². The smallest absolute Gasteiger partial charge is 0.188 e. The standard InChI is InChI=1S/C15H25NO/c1-8(2)12-14(10(5)6)16-13(9(3)4)11(7)15(12)17/h8-10H,1-7H3,(H,16,17). The average molecular weight is 235 g/mol. The van der Waals surface area contributed by atoms with Gasteiger partial charge in [-0.05, 0) is 24.7 Å². The summed E-state index contributed by atoms with van der Waals surface area (Å²) in [4.78, 5) is 15.9. The Morgan fingerprint density at radius 3 is 1.65 bits per heavy atom. The van der Waals surface area contributed by atoms with Crippen molar-refractivity contribution in [3.8, 4) is 0 Å². The van der Waals surface area contributed by atoms with E-state index in [4.69, 9.17) is 0 Å². The number of aromatic nitrogens is 1. The van der Waals surface area contributed by atoms with Crippen LogP contribution in [0.2, 0.25) is 0 Å². The molecule has 0 amide bonds. The first-order valence-corrected chi connectivity index (χ1v) is 6.53. The molecule has 2 nitrogen and oxygen atoms in total. The minimum Gasteiger partial charge on any atom is -0.361 e. The minimum atomic E-state index is 0.228. The van der Waals surface area contributed by atoms with E-state index in [1.807, 2.05) is 6.92 Å². The molecule has 0 atom stereocenters. The van der Waals surface area contributed by atoms with Crippen LogP contribution in [0.3, 0.4) is 0 Å². The first-order chi connectivity index (χ1) is 7.77. The van der Waals surface area contributed by atoms with Crippen LogP contribution in [0.1, 0.15) is 81.8 Å². The zero-order valence-electron chi connectivity index (χ0n) is 12.1.